The molecule has 7 heteroatoms. The number of carbonyl (C=O) groups is 2. The van der Waals surface area contributed by atoms with Crippen molar-refractivity contribution in [3.8, 4) is 5.75 Å². The molecule has 1 saturated carbocycles. The molecule has 0 atom stereocenters. The molecule has 2 fully saturated rings. The zero-order valence-electron chi connectivity index (χ0n) is 12.4. The number of esters is 2. The van der Waals surface area contributed by atoms with E-state index in [4.69, 9.17) is 14.2 Å². The van der Waals surface area contributed by atoms with Crippen LogP contribution in [0.25, 0.3) is 6.08 Å². The Morgan fingerprint density at radius 3 is 2.09 bits per heavy atom. The number of ether oxygens (including phenoxy) is 3. The van der Waals surface area contributed by atoms with Crippen LogP contribution in [-0.2, 0) is 19.1 Å². The van der Waals surface area contributed by atoms with Crippen LogP contribution in [-0.4, -0.2) is 24.8 Å². The van der Waals surface area contributed by atoms with Crippen LogP contribution >= 0.6 is 31.9 Å². The highest BCUT2D eigenvalue weighted by Crippen LogP contribution is 2.39. The van der Waals surface area contributed by atoms with Gasteiger partial charge in [-0.25, -0.2) is 9.59 Å². The number of rotatable bonds is 2. The topological polar surface area (TPSA) is 61.8 Å². The summed E-state index contributed by atoms with van der Waals surface area (Å²) < 4.78 is 17.4. The minimum Gasteiger partial charge on any atom is -0.494 e. The van der Waals surface area contributed by atoms with Crippen molar-refractivity contribution in [1.82, 2.24) is 0 Å². The normalized spacial score (nSPS) is 19.5. The summed E-state index contributed by atoms with van der Waals surface area (Å²) in [5, 5.41) is 0. The predicted molar refractivity (Wildman–Crippen MR) is 89.8 cm³/mol. The summed E-state index contributed by atoms with van der Waals surface area (Å²) in [4.78, 5) is 24.4. The molecule has 122 valence electrons. The Morgan fingerprint density at radius 2 is 1.61 bits per heavy atom. The first-order chi connectivity index (χ1) is 10.9. The molecular formula is C16H14Br2O5. The minimum absolute atomic E-state index is 0.105. The molecule has 3 rings (SSSR count). The van der Waals surface area contributed by atoms with Crippen LogP contribution in [0.4, 0.5) is 0 Å². The van der Waals surface area contributed by atoms with Crippen LogP contribution < -0.4 is 4.74 Å². The van der Waals surface area contributed by atoms with Crippen molar-refractivity contribution in [2.24, 2.45) is 0 Å². The van der Waals surface area contributed by atoms with E-state index >= 15 is 0 Å². The zero-order valence-corrected chi connectivity index (χ0v) is 15.5. The summed E-state index contributed by atoms with van der Waals surface area (Å²) in [5.74, 6) is -1.68. The fourth-order valence-corrected chi connectivity index (χ4v) is 4.36. The maximum absolute atomic E-state index is 12.2. The van der Waals surface area contributed by atoms with Crippen LogP contribution in [0, 0.1) is 0 Å². The van der Waals surface area contributed by atoms with Gasteiger partial charge in [-0.3, -0.25) is 0 Å². The van der Waals surface area contributed by atoms with Gasteiger partial charge in [-0.1, -0.05) is 0 Å². The lowest BCUT2D eigenvalue weighted by Crippen LogP contribution is -2.44. The van der Waals surface area contributed by atoms with Crippen molar-refractivity contribution in [1.29, 1.82) is 0 Å². The van der Waals surface area contributed by atoms with Gasteiger partial charge in [0.25, 0.3) is 5.79 Å². The number of benzene rings is 1. The van der Waals surface area contributed by atoms with Crippen LogP contribution in [0.5, 0.6) is 5.75 Å². The van der Waals surface area contributed by atoms with Gasteiger partial charge in [-0.05, 0) is 68.5 Å². The van der Waals surface area contributed by atoms with E-state index in [2.05, 4.69) is 31.9 Å². The third kappa shape index (κ3) is 3.17. The Balaban J connectivity index is 1.91. The number of hydrogen-bond donors (Lipinski definition) is 0. The molecule has 0 bridgehead atoms. The van der Waals surface area contributed by atoms with E-state index in [1.165, 1.54) is 6.08 Å². The van der Waals surface area contributed by atoms with Crippen LogP contribution in [0.15, 0.2) is 26.7 Å². The van der Waals surface area contributed by atoms with Crippen LogP contribution in [0.2, 0.25) is 0 Å². The molecule has 1 aliphatic carbocycles. The number of methoxy groups -OCH3 is 1. The Hall–Kier alpha value is -1.34. The molecule has 0 unspecified atom stereocenters. The van der Waals surface area contributed by atoms with E-state index < -0.39 is 17.7 Å². The smallest absolute Gasteiger partial charge is 0.348 e. The summed E-state index contributed by atoms with van der Waals surface area (Å²) >= 11 is 6.77. The van der Waals surface area contributed by atoms with E-state index in [0.717, 1.165) is 12.8 Å². The van der Waals surface area contributed by atoms with Crippen molar-refractivity contribution in [2.45, 2.75) is 31.5 Å². The first kappa shape index (κ1) is 16.5. The van der Waals surface area contributed by atoms with Gasteiger partial charge in [0.05, 0.1) is 16.1 Å². The SMILES string of the molecule is COc1c(Br)cc(C=C2C(=O)OC3(CCCC3)OC2=O)cc1Br. The van der Waals surface area contributed by atoms with Gasteiger partial charge < -0.3 is 14.2 Å². The third-order valence-corrected chi connectivity index (χ3v) is 5.08. The predicted octanol–water partition coefficient (Wildman–Crippen LogP) is 3.97. The van der Waals surface area contributed by atoms with E-state index in [0.29, 0.717) is 33.1 Å². The second-order valence-corrected chi connectivity index (χ2v) is 7.18. The maximum atomic E-state index is 12.2. The molecule has 0 amide bonds. The van der Waals surface area contributed by atoms with Crippen molar-refractivity contribution < 1.29 is 23.8 Å². The van der Waals surface area contributed by atoms with E-state index in [1.807, 2.05) is 0 Å². The van der Waals surface area contributed by atoms with Gasteiger partial charge in [-0.2, -0.15) is 0 Å². The molecule has 1 saturated heterocycles. The van der Waals surface area contributed by atoms with Crippen LogP contribution in [0.3, 0.4) is 0 Å². The van der Waals surface area contributed by atoms with Crippen molar-refractivity contribution in [3.63, 3.8) is 0 Å². The molecule has 0 radical (unpaired) electrons. The van der Waals surface area contributed by atoms with Crippen molar-refractivity contribution >= 4 is 49.9 Å². The zero-order chi connectivity index (χ0) is 16.6. The molecule has 23 heavy (non-hydrogen) atoms. The average Bonchev–Trinajstić information content (AvgIpc) is 2.90. The molecule has 1 spiro atoms. The Bertz CT molecular complexity index is 659. The molecular weight excluding hydrogens is 432 g/mol. The lowest BCUT2D eigenvalue weighted by Gasteiger charge is -2.32. The average molecular weight is 446 g/mol. The summed E-state index contributed by atoms with van der Waals surface area (Å²) in [7, 11) is 1.56. The Kier molecular flexibility index (Phi) is 4.51. The van der Waals surface area contributed by atoms with Gasteiger partial charge >= 0.3 is 11.9 Å². The number of carbonyl (C=O) groups excluding carboxylic acids is 2. The van der Waals surface area contributed by atoms with Crippen molar-refractivity contribution in [3.05, 3.63) is 32.2 Å². The monoisotopic (exact) mass is 444 g/mol. The summed E-state index contributed by atoms with van der Waals surface area (Å²) in [6.45, 7) is 0. The standard InChI is InChI=1S/C16H14Br2O5/c1-21-13-11(17)7-9(8-12(13)18)6-10-14(19)22-16(23-15(10)20)4-2-3-5-16/h6-8H,2-5H2,1H3. The van der Waals surface area contributed by atoms with Crippen LogP contribution in [0.1, 0.15) is 31.2 Å². The van der Waals surface area contributed by atoms with Gasteiger partial charge in [0.1, 0.15) is 11.3 Å². The van der Waals surface area contributed by atoms with Crippen molar-refractivity contribution in [2.75, 3.05) is 7.11 Å². The molecule has 1 aliphatic heterocycles. The van der Waals surface area contributed by atoms with Gasteiger partial charge in [0.15, 0.2) is 0 Å². The van der Waals surface area contributed by atoms with E-state index in [-0.39, 0.29) is 5.57 Å². The molecule has 2 aliphatic rings. The molecule has 1 heterocycles. The molecule has 1 aromatic rings. The quantitative estimate of drug-likeness (QED) is 0.391. The molecule has 1 aromatic carbocycles. The van der Waals surface area contributed by atoms with Gasteiger partial charge in [0, 0.05) is 12.8 Å². The number of halogens is 2. The largest absolute Gasteiger partial charge is 0.494 e. The van der Waals surface area contributed by atoms with Gasteiger partial charge in [-0.15, -0.1) is 0 Å². The minimum atomic E-state index is -1.05. The third-order valence-electron chi connectivity index (χ3n) is 3.90. The molecule has 5 nitrogen and oxygen atoms in total. The van der Waals surface area contributed by atoms with E-state index in [9.17, 15) is 9.59 Å². The second-order valence-electron chi connectivity index (χ2n) is 5.47. The first-order valence-electron chi connectivity index (χ1n) is 7.15. The fourth-order valence-electron chi connectivity index (χ4n) is 2.81. The Morgan fingerprint density at radius 1 is 1.09 bits per heavy atom. The first-order valence-corrected chi connectivity index (χ1v) is 8.74. The van der Waals surface area contributed by atoms with Gasteiger partial charge in [0.2, 0.25) is 0 Å². The number of hydrogen-bond acceptors (Lipinski definition) is 5. The summed E-state index contributed by atoms with van der Waals surface area (Å²) in [6.07, 6.45) is 4.37. The lowest BCUT2D eigenvalue weighted by atomic mass is 10.1. The maximum Gasteiger partial charge on any atom is 0.348 e. The van der Waals surface area contributed by atoms with E-state index in [1.54, 1.807) is 19.2 Å². The fraction of sp³-hybridized carbons (Fsp3) is 0.375. The summed E-state index contributed by atoms with van der Waals surface area (Å²) in [5.41, 5.74) is 0.544. The highest BCUT2D eigenvalue weighted by Gasteiger charge is 2.47. The lowest BCUT2D eigenvalue weighted by molar-refractivity contribution is -0.232. The molecule has 0 aromatic heterocycles. The highest BCUT2D eigenvalue weighted by atomic mass is 79.9. The summed E-state index contributed by atoms with van der Waals surface area (Å²) in [6, 6.07) is 3.49. The molecule has 0 N–H and O–H groups in total. The highest BCUT2D eigenvalue weighted by molar-refractivity contribution is 9.11. The second kappa shape index (κ2) is 6.28. The Labute approximate surface area is 150 Å².